The molecule has 0 saturated heterocycles. The van der Waals surface area contributed by atoms with Gasteiger partial charge in [0.15, 0.2) is 0 Å². The number of nitrogens with zero attached hydrogens (tertiary/aromatic N) is 2. The molecule has 0 spiro atoms. The monoisotopic (exact) mass is 376 g/mol. The molecule has 2 N–H and O–H groups in total. The third-order valence-electron chi connectivity index (χ3n) is 3.86. The molecule has 0 atom stereocenters. The van der Waals surface area contributed by atoms with Crippen LogP contribution in [0.4, 0.5) is 4.39 Å². The van der Waals surface area contributed by atoms with Gasteiger partial charge in [-0.15, -0.1) is 0 Å². The first-order valence-electron chi connectivity index (χ1n) is 8.49. The number of rotatable bonds is 6. The Labute approximate surface area is 161 Å². The van der Waals surface area contributed by atoms with Crippen LogP contribution in [0.25, 0.3) is 0 Å². The summed E-state index contributed by atoms with van der Waals surface area (Å²) < 4.78 is 13.0. The number of hydrazone groups is 1. The van der Waals surface area contributed by atoms with Crippen LogP contribution < -0.4 is 10.7 Å². The Morgan fingerprint density at radius 3 is 2.14 bits per heavy atom. The number of halogens is 1. The van der Waals surface area contributed by atoms with E-state index in [0.29, 0.717) is 16.8 Å². The molecule has 140 valence electrons. The van der Waals surface area contributed by atoms with Crippen LogP contribution in [0.15, 0.2) is 84.2 Å². The zero-order chi connectivity index (χ0) is 19.8. The smallest absolute Gasteiger partial charge is 0.271 e. The van der Waals surface area contributed by atoms with Crippen LogP contribution in [0, 0.1) is 5.82 Å². The minimum absolute atomic E-state index is 0.0802. The maximum Gasteiger partial charge on any atom is 0.271 e. The van der Waals surface area contributed by atoms with Crippen LogP contribution in [0.3, 0.4) is 0 Å². The van der Waals surface area contributed by atoms with Crippen molar-refractivity contribution < 1.29 is 14.0 Å². The lowest BCUT2D eigenvalue weighted by Crippen LogP contribution is -2.32. The third kappa shape index (κ3) is 5.07. The Hall–Kier alpha value is -3.87. The molecule has 2 aromatic carbocycles. The highest BCUT2D eigenvalue weighted by atomic mass is 19.1. The Bertz CT molecular complexity index is 974. The Kier molecular flexibility index (Phi) is 6.20. The highest BCUT2D eigenvalue weighted by molar-refractivity contribution is 6.06. The summed E-state index contributed by atoms with van der Waals surface area (Å²) in [5.74, 6) is -1.17. The van der Waals surface area contributed by atoms with E-state index >= 15 is 0 Å². The maximum absolute atomic E-state index is 13.0. The van der Waals surface area contributed by atoms with E-state index in [9.17, 15) is 14.0 Å². The molecule has 7 heteroatoms. The molecule has 28 heavy (non-hydrogen) atoms. The predicted molar refractivity (Wildman–Crippen MR) is 103 cm³/mol. The average molecular weight is 376 g/mol. The van der Waals surface area contributed by atoms with Crippen molar-refractivity contribution in [3.63, 3.8) is 0 Å². The second kappa shape index (κ2) is 9.18. The van der Waals surface area contributed by atoms with Crippen molar-refractivity contribution in [3.8, 4) is 0 Å². The number of aromatic nitrogens is 1. The summed E-state index contributed by atoms with van der Waals surface area (Å²) >= 11 is 0. The van der Waals surface area contributed by atoms with Gasteiger partial charge in [-0.2, -0.15) is 5.10 Å². The number of hydrogen-bond donors (Lipinski definition) is 2. The molecule has 0 aliphatic carbocycles. The molecule has 3 rings (SSSR count). The summed E-state index contributed by atoms with van der Waals surface area (Å²) in [6.45, 7) is 0.0802. The van der Waals surface area contributed by atoms with Gasteiger partial charge in [0.05, 0.1) is 12.3 Å². The number of benzene rings is 2. The number of pyridine rings is 1. The quantitative estimate of drug-likeness (QED) is 0.513. The van der Waals surface area contributed by atoms with Gasteiger partial charge in [0, 0.05) is 23.5 Å². The van der Waals surface area contributed by atoms with Crippen molar-refractivity contribution in [1.82, 2.24) is 15.7 Å². The van der Waals surface area contributed by atoms with Gasteiger partial charge in [0.1, 0.15) is 5.82 Å². The van der Waals surface area contributed by atoms with Crippen molar-refractivity contribution in [3.05, 3.63) is 102 Å². The maximum atomic E-state index is 13.0. The normalized spacial score (nSPS) is 11.0. The largest absolute Gasteiger partial charge is 0.346 e. The summed E-state index contributed by atoms with van der Waals surface area (Å²) in [7, 11) is 0. The predicted octanol–water partition coefficient (Wildman–Crippen LogP) is 2.78. The zero-order valence-corrected chi connectivity index (χ0v) is 14.8. The fraction of sp³-hybridized carbons (Fsp3) is 0.0476. The lowest BCUT2D eigenvalue weighted by Gasteiger charge is -2.10. The van der Waals surface area contributed by atoms with Gasteiger partial charge in [-0.05, 0) is 42.0 Å². The van der Waals surface area contributed by atoms with E-state index in [1.807, 2.05) is 30.3 Å². The number of amides is 2. The Balaban J connectivity index is 1.73. The fourth-order valence-electron chi connectivity index (χ4n) is 2.39. The Morgan fingerprint density at radius 1 is 0.821 bits per heavy atom. The lowest BCUT2D eigenvalue weighted by atomic mass is 10.1. The molecule has 0 bridgehead atoms. The van der Waals surface area contributed by atoms with Gasteiger partial charge < -0.3 is 5.32 Å². The van der Waals surface area contributed by atoms with Crippen molar-refractivity contribution in [2.75, 3.05) is 6.54 Å². The van der Waals surface area contributed by atoms with Crippen LogP contribution in [-0.4, -0.2) is 29.1 Å². The fourth-order valence-corrected chi connectivity index (χ4v) is 2.39. The summed E-state index contributed by atoms with van der Waals surface area (Å²) in [5, 5.41) is 6.90. The highest BCUT2D eigenvalue weighted by Gasteiger charge is 2.10. The molecule has 0 aliphatic rings. The zero-order valence-electron chi connectivity index (χ0n) is 14.8. The van der Waals surface area contributed by atoms with Crippen LogP contribution in [0.1, 0.15) is 26.3 Å². The second-order valence-corrected chi connectivity index (χ2v) is 5.79. The molecule has 0 aliphatic heterocycles. The molecule has 1 aromatic heterocycles. The SMILES string of the molecule is O=C(NC/C(=N\NC(=O)c1ccncc1)c1ccccc1)c1ccc(F)cc1. The van der Waals surface area contributed by atoms with E-state index < -0.39 is 5.82 Å². The molecule has 3 aromatic rings. The van der Waals surface area contributed by atoms with Crippen LogP contribution in [0.5, 0.6) is 0 Å². The second-order valence-electron chi connectivity index (χ2n) is 5.79. The van der Waals surface area contributed by atoms with Crippen molar-refractivity contribution in [2.24, 2.45) is 5.10 Å². The van der Waals surface area contributed by atoms with Gasteiger partial charge >= 0.3 is 0 Å². The van der Waals surface area contributed by atoms with Crippen LogP contribution >= 0.6 is 0 Å². The first kappa shape index (κ1) is 18.9. The molecule has 2 amide bonds. The van der Waals surface area contributed by atoms with Gasteiger partial charge in [0.2, 0.25) is 0 Å². The number of nitrogens with one attached hydrogen (secondary N) is 2. The number of hydrogen-bond acceptors (Lipinski definition) is 4. The minimum Gasteiger partial charge on any atom is -0.346 e. The van der Waals surface area contributed by atoms with Crippen LogP contribution in [0.2, 0.25) is 0 Å². The molecule has 0 fully saturated rings. The number of carbonyl (C=O) groups excluding carboxylic acids is 2. The first-order chi connectivity index (χ1) is 13.6. The van der Waals surface area contributed by atoms with Crippen LogP contribution in [-0.2, 0) is 0 Å². The Morgan fingerprint density at radius 2 is 1.46 bits per heavy atom. The average Bonchev–Trinajstić information content (AvgIpc) is 2.75. The van der Waals surface area contributed by atoms with E-state index in [1.54, 1.807) is 12.1 Å². The van der Waals surface area contributed by atoms with Gasteiger partial charge in [-0.1, -0.05) is 30.3 Å². The first-order valence-corrected chi connectivity index (χ1v) is 8.49. The van der Waals surface area contributed by atoms with E-state index in [0.717, 1.165) is 5.56 Å². The van der Waals surface area contributed by atoms with Crippen molar-refractivity contribution in [1.29, 1.82) is 0 Å². The molecule has 6 nitrogen and oxygen atoms in total. The molecule has 1 heterocycles. The topological polar surface area (TPSA) is 83.5 Å². The lowest BCUT2D eigenvalue weighted by molar-refractivity contribution is 0.0951. The van der Waals surface area contributed by atoms with E-state index in [2.05, 4.69) is 20.8 Å². The summed E-state index contributed by atoms with van der Waals surface area (Å²) in [6, 6.07) is 17.5. The van der Waals surface area contributed by atoms with Gasteiger partial charge in [-0.3, -0.25) is 14.6 Å². The highest BCUT2D eigenvalue weighted by Crippen LogP contribution is 2.04. The van der Waals surface area contributed by atoms with Gasteiger partial charge in [-0.25, -0.2) is 9.82 Å². The van der Waals surface area contributed by atoms with E-state index in [1.165, 1.54) is 36.7 Å². The van der Waals surface area contributed by atoms with E-state index in [-0.39, 0.29) is 18.4 Å². The summed E-state index contributed by atoms with van der Waals surface area (Å²) in [6.07, 6.45) is 3.03. The minimum atomic E-state index is -0.415. The summed E-state index contributed by atoms with van der Waals surface area (Å²) in [4.78, 5) is 28.3. The molecule has 0 unspecified atom stereocenters. The van der Waals surface area contributed by atoms with Gasteiger partial charge in [0.25, 0.3) is 11.8 Å². The molecule has 0 radical (unpaired) electrons. The summed E-state index contributed by atoms with van der Waals surface area (Å²) in [5.41, 5.74) is 4.45. The third-order valence-corrected chi connectivity index (χ3v) is 3.86. The van der Waals surface area contributed by atoms with Crippen molar-refractivity contribution in [2.45, 2.75) is 0 Å². The standard InChI is InChI=1S/C21H17FN4O2/c22-18-8-6-16(7-9-18)20(27)24-14-19(15-4-2-1-3-5-15)25-26-21(28)17-10-12-23-13-11-17/h1-13H,14H2,(H,24,27)(H,26,28)/b25-19+. The van der Waals surface area contributed by atoms with Crippen molar-refractivity contribution >= 4 is 17.5 Å². The molecular formula is C21H17FN4O2. The molecule has 0 saturated carbocycles. The molecular weight excluding hydrogens is 359 g/mol. The number of carbonyl (C=O) groups is 2. The van der Waals surface area contributed by atoms with E-state index in [4.69, 9.17) is 0 Å².